The van der Waals surface area contributed by atoms with Gasteiger partial charge in [0.15, 0.2) is 11.5 Å². The number of sulfonamides is 1. The second kappa shape index (κ2) is 7.93. The summed E-state index contributed by atoms with van der Waals surface area (Å²) >= 11 is 0. The number of nitrogens with zero attached hydrogens (tertiary/aromatic N) is 2. The van der Waals surface area contributed by atoms with Crippen molar-refractivity contribution < 1.29 is 27.4 Å². The molecule has 1 fully saturated rings. The third kappa shape index (κ3) is 3.66. The van der Waals surface area contributed by atoms with Crippen LogP contribution in [0.5, 0.6) is 11.5 Å². The number of carbonyl (C=O) groups excluding carboxylic acids is 1. The molecule has 0 atom stereocenters. The number of hydrogen-bond donors (Lipinski definition) is 1. The van der Waals surface area contributed by atoms with Gasteiger partial charge in [0.2, 0.25) is 16.8 Å². The fourth-order valence-corrected chi connectivity index (χ4v) is 5.25. The first-order chi connectivity index (χ1) is 14.3. The van der Waals surface area contributed by atoms with Crippen molar-refractivity contribution in [1.29, 1.82) is 0 Å². The maximum atomic E-state index is 13.3. The summed E-state index contributed by atoms with van der Waals surface area (Å²) in [5.74, 6) is 0.930. The van der Waals surface area contributed by atoms with Gasteiger partial charge in [-0.05, 0) is 31.5 Å². The van der Waals surface area contributed by atoms with E-state index in [2.05, 4.69) is 4.72 Å². The monoisotopic (exact) mass is 435 g/mol. The minimum Gasteiger partial charge on any atom is -0.454 e. The molecule has 10 heteroatoms. The van der Waals surface area contributed by atoms with E-state index in [1.54, 1.807) is 48.6 Å². The normalized spacial score (nSPS) is 16.2. The minimum atomic E-state index is -3.94. The molecule has 162 valence electrons. The Kier molecular flexibility index (Phi) is 5.48. The van der Waals surface area contributed by atoms with Crippen molar-refractivity contribution in [3.05, 3.63) is 40.7 Å². The number of ether oxygens (including phenoxy) is 3. The maximum absolute atomic E-state index is 13.3. The second-order valence-electron chi connectivity index (χ2n) is 7.35. The average molecular weight is 436 g/mol. The Labute approximate surface area is 175 Å². The molecular formula is C20H25N3O6S. The first-order valence-electron chi connectivity index (χ1n) is 9.70. The van der Waals surface area contributed by atoms with Crippen molar-refractivity contribution >= 4 is 15.9 Å². The van der Waals surface area contributed by atoms with Crippen LogP contribution in [-0.2, 0) is 28.4 Å². The number of rotatable bonds is 5. The lowest BCUT2D eigenvalue weighted by molar-refractivity contribution is 0.0300. The van der Waals surface area contributed by atoms with E-state index in [4.69, 9.17) is 14.2 Å². The lowest BCUT2D eigenvalue weighted by Gasteiger charge is -2.27. The molecule has 0 spiro atoms. The van der Waals surface area contributed by atoms with Gasteiger partial charge in [-0.1, -0.05) is 6.07 Å². The van der Waals surface area contributed by atoms with Crippen LogP contribution in [0.1, 0.15) is 27.3 Å². The van der Waals surface area contributed by atoms with E-state index in [-0.39, 0.29) is 29.7 Å². The summed E-state index contributed by atoms with van der Waals surface area (Å²) in [6, 6.07) is 5.27. The Balaban J connectivity index is 1.63. The van der Waals surface area contributed by atoms with Crippen LogP contribution in [0.15, 0.2) is 23.1 Å². The zero-order chi connectivity index (χ0) is 21.5. The molecule has 2 aliphatic heterocycles. The summed E-state index contributed by atoms with van der Waals surface area (Å²) in [5.41, 5.74) is 2.08. The van der Waals surface area contributed by atoms with Gasteiger partial charge in [0.1, 0.15) is 4.90 Å². The molecule has 2 aliphatic rings. The molecule has 0 saturated carbocycles. The van der Waals surface area contributed by atoms with Crippen LogP contribution in [0.3, 0.4) is 0 Å². The second-order valence-corrected chi connectivity index (χ2v) is 9.05. The van der Waals surface area contributed by atoms with Crippen LogP contribution in [0.4, 0.5) is 0 Å². The molecule has 0 bridgehead atoms. The molecule has 30 heavy (non-hydrogen) atoms. The number of hydrogen-bond acceptors (Lipinski definition) is 6. The molecule has 3 heterocycles. The van der Waals surface area contributed by atoms with Gasteiger partial charge in [0, 0.05) is 38.1 Å². The lowest BCUT2D eigenvalue weighted by Crippen LogP contribution is -2.41. The Hall–Kier alpha value is -2.56. The van der Waals surface area contributed by atoms with Gasteiger partial charge in [-0.3, -0.25) is 4.79 Å². The number of nitrogens with one attached hydrogen (secondary N) is 1. The fraction of sp³-hybridized carbons (Fsp3) is 0.450. The number of aromatic nitrogens is 1. The molecule has 0 aliphatic carbocycles. The van der Waals surface area contributed by atoms with Crippen molar-refractivity contribution in [3.8, 4) is 11.5 Å². The quantitative estimate of drug-likeness (QED) is 0.761. The summed E-state index contributed by atoms with van der Waals surface area (Å²) in [6.45, 7) is 5.46. The summed E-state index contributed by atoms with van der Waals surface area (Å²) in [5, 5.41) is 0. The van der Waals surface area contributed by atoms with E-state index in [0.29, 0.717) is 49.2 Å². The van der Waals surface area contributed by atoms with E-state index in [1.807, 2.05) is 0 Å². The molecule has 1 aromatic heterocycles. The van der Waals surface area contributed by atoms with E-state index in [1.165, 1.54) is 0 Å². The van der Waals surface area contributed by atoms with Gasteiger partial charge in [-0.25, -0.2) is 13.1 Å². The van der Waals surface area contributed by atoms with Gasteiger partial charge in [0.05, 0.1) is 18.8 Å². The van der Waals surface area contributed by atoms with Gasteiger partial charge in [0.25, 0.3) is 5.91 Å². The Morgan fingerprint density at radius 1 is 1.10 bits per heavy atom. The molecule has 0 radical (unpaired) electrons. The SMILES string of the molecule is Cc1c(C(=O)N2CCOCC2)c(S(=O)(=O)NCc2ccc3c(c2)OCO3)c(C)n1C. The summed E-state index contributed by atoms with van der Waals surface area (Å²) in [4.78, 5) is 14.9. The van der Waals surface area contributed by atoms with E-state index < -0.39 is 10.0 Å². The number of carbonyl (C=O) groups is 1. The zero-order valence-electron chi connectivity index (χ0n) is 17.2. The van der Waals surface area contributed by atoms with E-state index in [0.717, 1.165) is 5.56 Å². The largest absolute Gasteiger partial charge is 0.454 e. The third-order valence-electron chi connectivity index (χ3n) is 5.61. The fourth-order valence-electron chi connectivity index (χ4n) is 3.72. The third-order valence-corrected chi connectivity index (χ3v) is 7.17. The van der Waals surface area contributed by atoms with Gasteiger partial charge in [-0.15, -0.1) is 0 Å². The number of benzene rings is 1. The number of amides is 1. The van der Waals surface area contributed by atoms with Crippen LogP contribution in [0.25, 0.3) is 0 Å². The van der Waals surface area contributed by atoms with Crippen LogP contribution >= 0.6 is 0 Å². The minimum absolute atomic E-state index is 0.0275. The van der Waals surface area contributed by atoms with Crippen molar-refractivity contribution in [3.63, 3.8) is 0 Å². The molecule has 1 aromatic carbocycles. The molecule has 2 aromatic rings. The lowest BCUT2D eigenvalue weighted by atomic mass is 10.2. The van der Waals surface area contributed by atoms with Gasteiger partial charge < -0.3 is 23.7 Å². The Morgan fingerprint density at radius 3 is 2.53 bits per heavy atom. The van der Waals surface area contributed by atoms with Gasteiger partial charge in [-0.2, -0.15) is 0 Å². The molecule has 4 rings (SSSR count). The summed E-state index contributed by atoms with van der Waals surface area (Å²) < 4.78 is 46.8. The Bertz CT molecular complexity index is 1090. The maximum Gasteiger partial charge on any atom is 0.257 e. The summed E-state index contributed by atoms with van der Waals surface area (Å²) in [6.07, 6.45) is 0. The topological polar surface area (TPSA) is 99.1 Å². The number of fused-ring (bicyclic) bond motifs is 1. The molecule has 1 saturated heterocycles. The molecule has 9 nitrogen and oxygen atoms in total. The highest BCUT2D eigenvalue weighted by atomic mass is 32.2. The zero-order valence-corrected chi connectivity index (χ0v) is 18.0. The van der Waals surface area contributed by atoms with Crippen LogP contribution in [0, 0.1) is 13.8 Å². The van der Waals surface area contributed by atoms with Crippen LogP contribution < -0.4 is 14.2 Å². The van der Waals surface area contributed by atoms with Crippen LogP contribution in [-0.4, -0.2) is 56.9 Å². The highest BCUT2D eigenvalue weighted by Crippen LogP contribution is 2.33. The summed E-state index contributed by atoms with van der Waals surface area (Å²) in [7, 11) is -2.18. The Morgan fingerprint density at radius 2 is 1.80 bits per heavy atom. The standard InChI is InChI=1S/C20H25N3O6S/c1-13-18(20(24)23-6-8-27-9-7-23)19(14(2)22(13)3)30(25,26)21-11-15-4-5-16-17(10-15)29-12-28-16/h4-5,10,21H,6-9,11-12H2,1-3H3. The highest BCUT2D eigenvalue weighted by Gasteiger charge is 2.33. The van der Waals surface area contributed by atoms with Crippen molar-refractivity contribution in [2.45, 2.75) is 25.3 Å². The van der Waals surface area contributed by atoms with Crippen LogP contribution in [0.2, 0.25) is 0 Å². The number of morpholine rings is 1. The van der Waals surface area contributed by atoms with Gasteiger partial charge >= 0.3 is 0 Å². The first-order valence-corrected chi connectivity index (χ1v) is 11.2. The van der Waals surface area contributed by atoms with E-state index >= 15 is 0 Å². The average Bonchev–Trinajstić information content (AvgIpc) is 3.30. The predicted molar refractivity (Wildman–Crippen MR) is 108 cm³/mol. The predicted octanol–water partition coefficient (Wildman–Crippen LogP) is 1.32. The molecule has 1 N–H and O–H groups in total. The van der Waals surface area contributed by atoms with E-state index in [9.17, 15) is 13.2 Å². The molecule has 1 amide bonds. The smallest absolute Gasteiger partial charge is 0.257 e. The first kappa shape index (κ1) is 20.7. The molecular weight excluding hydrogens is 410 g/mol. The highest BCUT2D eigenvalue weighted by molar-refractivity contribution is 7.89. The molecule has 0 unspecified atom stereocenters. The van der Waals surface area contributed by atoms with Crippen molar-refractivity contribution in [2.24, 2.45) is 7.05 Å². The van der Waals surface area contributed by atoms with Crippen molar-refractivity contribution in [2.75, 3.05) is 33.1 Å². The van der Waals surface area contributed by atoms with Crippen molar-refractivity contribution in [1.82, 2.24) is 14.2 Å².